The van der Waals surface area contributed by atoms with Crippen molar-refractivity contribution in [2.24, 2.45) is 12.5 Å². The van der Waals surface area contributed by atoms with E-state index in [4.69, 9.17) is 9.72 Å². The minimum Gasteiger partial charge on any atom is -0.377 e. The molecule has 3 fully saturated rings. The summed E-state index contributed by atoms with van der Waals surface area (Å²) in [6.45, 7) is 3.82. The zero-order valence-corrected chi connectivity index (χ0v) is 17.9. The molecule has 0 aliphatic carbocycles. The topological polar surface area (TPSA) is 81.3 Å². The highest BCUT2D eigenvalue weighted by atomic mass is 19.4. The molecule has 0 amide bonds. The summed E-state index contributed by atoms with van der Waals surface area (Å²) < 4.78 is 47.6. The second-order valence-electron chi connectivity index (χ2n) is 9.22. The van der Waals surface area contributed by atoms with E-state index in [-0.39, 0.29) is 17.0 Å². The van der Waals surface area contributed by atoms with E-state index >= 15 is 0 Å². The van der Waals surface area contributed by atoms with Gasteiger partial charge in [0.1, 0.15) is 17.1 Å². The first-order valence-electron chi connectivity index (χ1n) is 10.8. The molecule has 9 nitrogen and oxygen atoms in total. The third-order valence-corrected chi connectivity index (χ3v) is 6.95. The van der Waals surface area contributed by atoms with Gasteiger partial charge in [-0.15, -0.1) is 0 Å². The number of hydrogen-bond acceptors (Lipinski definition) is 7. The fourth-order valence-corrected chi connectivity index (χ4v) is 5.05. The highest BCUT2D eigenvalue weighted by molar-refractivity contribution is 5.75. The van der Waals surface area contributed by atoms with Crippen LogP contribution in [0, 0.1) is 5.41 Å². The van der Waals surface area contributed by atoms with E-state index in [1.807, 2.05) is 4.90 Å². The Kier molecular flexibility index (Phi) is 4.29. The van der Waals surface area contributed by atoms with E-state index in [0.717, 1.165) is 19.0 Å². The molecule has 12 heteroatoms. The van der Waals surface area contributed by atoms with Crippen molar-refractivity contribution in [3.63, 3.8) is 0 Å². The molecule has 174 valence electrons. The number of rotatable bonds is 3. The van der Waals surface area contributed by atoms with Crippen molar-refractivity contribution in [1.82, 2.24) is 24.3 Å². The first-order valence-corrected chi connectivity index (χ1v) is 10.8. The maximum atomic E-state index is 13.0. The smallest absolute Gasteiger partial charge is 0.377 e. The molecule has 6 heterocycles. The lowest BCUT2D eigenvalue weighted by molar-refractivity contribution is -0.141. The second-order valence-corrected chi connectivity index (χ2v) is 9.22. The Hall–Kier alpha value is -3.15. The number of ether oxygens (including phenoxy) is 1. The summed E-state index contributed by atoms with van der Waals surface area (Å²) in [6, 6.07) is 2.80. The number of nitrogens with zero attached hydrogens (tertiary/aromatic N) is 7. The van der Waals surface area contributed by atoms with Gasteiger partial charge in [0.05, 0.1) is 19.4 Å². The van der Waals surface area contributed by atoms with Gasteiger partial charge in [0.25, 0.3) is 5.56 Å². The van der Waals surface area contributed by atoms with E-state index < -0.39 is 11.9 Å². The summed E-state index contributed by atoms with van der Waals surface area (Å²) in [7, 11) is 1.71. The second kappa shape index (κ2) is 6.92. The highest BCUT2D eigenvalue weighted by Gasteiger charge is 2.49. The number of anilines is 2. The van der Waals surface area contributed by atoms with Crippen LogP contribution < -0.4 is 15.4 Å². The molecule has 0 N–H and O–H groups in total. The van der Waals surface area contributed by atoms with Crippen molar-refractivity contribution in [2.45, 2.75) is 18.6 Å². The lowest BCUT2D eigenvalue weighted by Crippen LogP contribution is -2.58. The Morgan fingerprint density at radius 2 is 1.94 bits per heavy atom. The summed E-state index contributed by atoms with van der Waals surface area (Å²) in [4.78, 5) is 25.2. The van der Waals surface area contributed by atoms with Crippen molar-refractivity contribution in [3.05, 3.63) is 40.6 Å². The number of hydrogen-bond donors (Lipinski definition) is 0. The molecular weight excluding hydrogens is 439 g/mol. The van der Waals surface area contributed by atoms with Crippen molar-refractivity contribution < 1.29 is 17.9 Å². The standard InChI is InChI=1S/C21H22F3N7O2/c1-28-18(32)15-7-26-31(14-8-33-9-14)17(15)27-19(28)29-5-3-20(10-29)11-30(12-20)13-2-4-25-16(6-13)21(22,23)24/h2,4,6-7,14H,3,5,8-12H2,1H3. The van der Waals surface area contributed by atoms with Crippen LogP contribution in [0.5, 0.6) is 0 Å². The first kappa shape index (κ1) is 20.5. The monoisotopic (exact) mass is 461 g/mol. The van der Waals surface area contributed by atoms with E-state index in [1.54, 1.807) is 28.6 Å². The predicted octanol–water partition coefficient (Wildman–Crippen LogP) is 1.83. The van der Waals surface area contributed by atoms with Crippen LogP contribution in [-0.4, -0.2) is 63.7 Å². The number of halogens is 3. The Morgan fingerprint density at radius 3 is 2.64 bits per heavy atom. The molecule has 3 aliphatic rings. The molecule has 0 bridgehead atoms. The van der Waals surface area contributed by atoms with Gasteiger partial charge in [0.2, 0.25) is 5.95 Å². The van der Waals surface area contributed by atoms with Crippen LogP contribution in [0.15, 0.2) is 29.3 Å². The van der Waals surface area contributed by atoms with Crippen molar-refractivity contribution >= 4 is 22.7 Å². The molecule has 3 aromatic rings. The number of alkyl halides is 3. The highest BCUT2D eigenvalue weighted by Crippen LogP contribution is 2.43. The van der Waals surface area contributed by atoms with Crippen molar-refractivity contribution in [3.8, 4) is 0 Å². The maximum absolute atomic E-state index is 13.0. The molecular formula is C21H22F3N7O2. The van der Waals surface area contributed by atoms with Gasteiger partial charge in [-0.1, -0.05) is 0 Å². The lowest BCUT2D eigenvalue weighted by atomic mass is 9.79. The average Bonchev–Trinajstić information content (AvgIpc) is 3.33. The summed E-state index contributed by atoms with van der Waals surface area (Å²) in [5.41, 5.74) is 0.0225. The molecule has 0 unspecified atom stereocenters. The zero-order valence-electron chi connectivity index (χ0n) is 17.9. The molecule has 33 heavy (non-hydrogen) atoms. The minimum atomic E-state index is -4.46. The van der Waals surface area contributed by atoms with Gasteiger partial charge in [0, 0.05) is 50.5 Å². The third-order valence-electron chi connectivity index (χ3n) is 6.95. The molecule has 1 spiro atoms. The molecule has 0 saturated carbocycles. The quantitative estimate of drug-likeness (QED) is 0.589. The number of aromatic nitrogens is 5. The molecule has 0 aromatic carbocycles. The Labute approximate surface area is 186 Å². The minimum absolute atomic E-state index is 0.0452. The lowest BCUT2D eigenvalue weighted by Gasteiger charge is -2.49. The van der Waals surface area contributed by atoms with Crippen LogP contribution in [-0.2, 0) is 18.0 Å². The van der Waals surface area contributed by atoms with Crippen LogP contribution in [0.25, 0.3) is 11.0 Å². The molecule has 3 aliphatic heterocycles. The summed E-state index contributed by atoms with van der Waals surface area (Å²) >= 11 is 0. The zero-order chi connectivity index (χ0) is 23.0. The fourth-order valence-electron chi connectivity index (χ4n) is 5.05. The van der Waals surface area contributed by atoms with Gasteiger partial charge in [-0.3, -0.25) is 14.3 Å². The van der Waals surface area contributed by atoms with Crippen LogP contribution in [0.1, 0.15) is 18.2 Å². The molecule has 3 aromatic heterocycles. The van der Waals surface area contributed by atoms with E-state index in [9.17, 15) is 18.0 Å². The van der Waals surface area contributed by atoms with Crippen LogP contribution >= 0.6 is 0 Å². The van der Waals surface area contributed by atoms with Gasteiger partial charge >= 0.3 is 6.18 Å². The normalized spacial score (nSPS) is 20.5. The number of fused-ring (bicyclic) bond motifs is 1. The average molecular weight is 461 g/mol. The van der Waals surface area contributed by atoms with E-state index in [2.05, 4.69) is 15.0 Å². The summed E-state index contributed by atoms with van der Waals surface area (Å²) in [6.07, 6.45) is -0.818. The van der Waals surface area contributed by atoms with Crippen LogP contribution in [0.3, 0.4) is 0 Å². The molecule has 0 atom stereocenters. The summed E-state index contributed by atoms with van der Waals surface area (Å²) in [5, 5.41) is 4.84. The Balaban J connectivity index is 1.23. The van der Waals surface area contributed by atoms with Gasteiger partial charge in [-0.25, -0.2) is 4.68 Å². The van der Waals surface area contributed by atoms with Gasteiger partial charge in [-0.2, -0.15) is 23.3 Å². The Morgan fingerprint density at radius 1 is 1.18 bits per heavy atom. The van der Waals surface area contributed by atoms with Gasteiger partial charge in [-0.05, 0) is 18.6 Å². The molecule has 6 rings (SSSR count). The first-order chi connectivity index (χ1) is 15.7. The SMILES string of the molecule is Cn1c(N2CCC3(CN(c4ccnc(C(F)(F)F)c4)C3)C2)nc2c(cnn2C2COC2)c1=O. The predicted molar refractivity (Wildman–Crippen MR) is 113 cm³/mol. The van der Waals surface area contributed by atoms with Crippen molar-refractivity contribution in [2.75, 3.05) is 49.2 Å². The van der Waals surface area contributed by atoms with Gasteiger partial charge in [0.15, 0.2) is 5.65 Å². The van der Waals surface area contributed by atoms with Gasteiger partial charge < -0.3 is 14.5 Å². The largest absolute Gasteiger partial charge is 0.433 e. The van der Waals surface area contributed by atoms with Crippen molar-refractivity contribution in [1.29, 1.82) is 0 Å². The summed E-state index contributed by atoms with van der Waals surface area (Å²) in [5.74, 6) is 0.591. The number of pyridine rings is 1. The third kappa shape index (κ3) is 3.18. The Bertz CT molecular complexity index is 1290. The van der Waals surface area contributed by atoms with Crippen LogP contribution in [0.4, 0.5) is 24.8 Å². The molecule has 3 saturated heterocycles. The fraction of sp³-hybridized carbons (Fsp3) is 0.524. The molecule has 0 radical (unpaired) electrons. The maximum Gasteiger partial charge on any atom is 0.433 e. The van der Waals surface area contributed by atoms with E-state index in [1.165, 1.54) is 6.20 Å². The van der Waals surface area contributed by atoms with Crippen LogP contribution in [0.2, 0.25) is 0 Å². The van der Waals surface area contributed by atoms with E-state index in [0.29, 0.717) is 55.5 Å².